The van der Waals surface area contributed by atoms with Crippen molar-refractivity contribution in [1.29, 1.82) is 0 Å². The molecule has 1 aliphatic heterocycles. The van der Waals surface area contributed by atoms with Crippen molar-refractivity contribution < 1.29 is 19.1 Å². The number of ether oxygens (including phenoxy) is 2. The number of hydrogen-bond acceptors (Lipinski definition) is 5. The van der Waals surface area contributed by atoms with Crippen molar-refractivity contribution in [3.63, 3.8) is 0 Å². The monoisotopic (exact) mass is 478 g/mol. The van der Waals surface area contributed by atoms with Gasteiger partial charge in [-0.2, -0.15) is 0 Å². The summed E-state index contributed by atoms with van der Waals surface area (Å²) in [7, 11) is 0. The number of amides is 2. The SMILES string of the molecule is CC(NC(=O)OCc1ccccc1)c1nc2ccccc2n1C1CCN(C(=O)OC(C)(C)C)CC1. The normalized spacial score (nSPS) is 15.6. The number of para-hydroxylation sites is 2. The van der Waals surface area contributed by atoms with E-state index in [4.69, 9.17) is 14.5 Å². The highest BCUT2D eigenvalue weighted by molar-refractivity contribution is 5.76. The van der Waals surface area contributed by atoms with E-state index in [2.05, 4.69) is 9.88 Å². The van der Waals surface area contributed by atoms with E-state index in [1.165, 1.54) is 0 Å². The zero-order chi connectivity index (χ0) is 25.0. The summed E-state index contributed by atoms with van der Waals surface area (Å²) in [5.41, 5.74) is 2.31. The molecular formula is C27H34N4O4. The van der Waals surface area contributed by atoms with E-state index in [1.807, 2.05) is 82.3 Å². The van der Waals surface area contributed by atoms with Crippen LogP contribution in [0.15, 0.2) is 54.6 Å². The van der Waals surface area contributed by atoms with E-state index in [1.54, 1.807) is 4.90 Å². The van der Waals surface area contributed by atoms with E-state index < -0.39 is 11.7 Å². The Morgan fingerprint density at radius 1 is 1.06 bits per heavy atom. The van der Waals surface area contributed by atoms with Gasteiger partial charge in [0.05, 0.1) is 17.1 Å². The first-order chi connectivity index (χ1) is 16.7. The third-order valence-corrected chi connectivity index (χ3v) is 6.04. The smallest absolute Gasteiger partial charge is 0.410 e. The first-order valence-corrected chi connectivity index (χ1v) is 12.1. The maximum absolute atomic E-state index is 12.5. The Morgan fingerprint density at radius 3 is 2.40 bits per heavy atom. The van der Waals surface area contributed by atoms with Crippen molar-refractivity contribution in [3.8, 4) is 0 Å². The molecule has 2 aromatic carbocycles. The average molecular weight is 479 g/mol. The second-order valence-electron chi connectivity index (χ2n) is 9.96. The lowest BCUT2D eigenvalue weighted by molar-refractivity contribution is 0.0188. The minimum atomic E-state index is -0.516. The number of piperidine rings is 1. The summed E-state index contributed by atoms with van der Waals surface area (Å²) in [4.78, 5) is 31.6. The van der Waals surface area contributed by atoms with Gasteiger partial charge < -0.3 is 24.3 Å². The molecule has 1 saturated heterocycles. The Labute approximate surface area is 206 Å². The van der Waals surface area contributed by atoms with E-state index in [0.29, 0.717) is 13.1 Å². The Kier molecular flexibility index (Phi) is 7.28. The quantitative estimate of drug-likeness (QED) is 0.516. The second-order valence-corrected chi connectivity index (χ2v) is 9.96. The molecule has 1 fully saturated rings. The van der Waals surface area contributed by atoms with E-state index >= 15 is 0 Å². The molecule has 35 heavy (non-hydrogen) atoms. The molecule has 0 saturated carbocycles. The van der Waals surface area contributed by atoms with Crippen LogP contribution in [0.2, 0.25) is 0 Å². The topological polar surface area (TPSA) is 85.7 Å². The highest BCUT2D eigenvalue weighted by atomic mass is 16.6. The predicted octanol–water partition coefficient (Wildman–Crippen LogP) is 5.60. The van der Waals surface area contributed by atoms with Gasteiger partial charge in [0.2, 0.25) is 0 Å². The van der Waals surface area contributed by atoms with Gasteiger partial charge in [0, 0.05) is 19.1 Å². The fourth-order valence-electron chi connectivity index (χ4n) is 4.39. The standard InChI is InChI=1S/C27H34N4O4/c1-19(28-25(32)34-18-20-10-6-5-7-11-20)24-29-22-12-8-9-13-23(22)31(24)21-14-16-30(17-15-21)26(33)35-27(2,3)4/h5-13,19,21H,14-18H2,1-4H3,(H,28,32). The van der Waals surface area contributed by atoms with Crippen LogP contribution in [0.4, 0.5) is 9.59 Å². The molecule has 2 amide bonds. The molecule has 1 aliphatic rings. The van der Waals surface area contributed by atoms with Gasteiger partial charge in [0.25, 0.3) is 0 Å². The van der Waals surface area contributed by atoms with Crippen molar-refractivity contribution >= 4 is 23.2 Å². The molecule has 1 aromatic heterocycles. The van der Waals surface area contributed by atoms with Gasteiger partial charge in [-0.3, -0.25) is 0 Å². The van der Waals surface area contributed by atoms with Crippen LogP contribution in [0.3, 0.4) is 0 Å². The minimum Gasteiger partial charge on any atom is -0.445 e. The Hall–Kier alpha value is -3.55. The average Bonchev–Trinajstić information content (AvgIpc) is 3.22. The molecule has 0 bridgehead atoms. The second kappa shape index (κ2) is 10.4. The largest absolute Gasteiger partial charge is 0.445 e. The lowest BCUT2D eigenvalue weighted by Crippen LogP contribution is -2.42. The fourth-order valence-corrected chi connectivity index (χ4v) is 4.39. The fraction of sp³-hybridized carbons (Fsp3) is 0.444. The van der Waals surface area contributed by atoms with E-state index in [0.717, 1.165) is 35.3 Å². The molecule has 0 spiro atoms. The van der Waals surface area contributed by atoms with Gasteiger partial charge in [-0.25, -0.2) is 14.6 Å². The first-order valence-electron chi connectivity index (χ1n) is 12.1. The number of alkyl carbamates (subject to hydrolysis) is 1. The van der Waals surface area contributed by atoms with Gasteiger partial charge in [-0.15, -0.1) is 0 Å². The summed E-state index contributed by atoms with van der Waals surface area (Å²) >= 11 is 0. The summed E-state index contributed by atoms with van der Waals surface area (Å²) in [6.07, 6.45) is 0.790. The van der Waals surface area contributed by atoms with Crippen LogP contribution >= 0.6 is 0 Å². The molecule has 0 aliphatic carbocycles. The molecular weight excluding hydrogens is 444 g/mol. The van der Waals surface area contributed by atoms with Gasteiger partial charge in [0.15, 0.2) is 0 Å². The molecule has 1 atom stereocenters. The number of fused-ring (bicyclic) bond motifs is 1. The lowest BCUT2D eigenvalue weighted by atomic mass is 10.0. The number of aromatic nitrogens is 2. The number of nitrogens with one attached hydrogen (secondary N) is 1. The van der Waals surface area contributed by atoms with Crippen LogP contribution < -0.4 is 5.32 Å². The molecule has 8 nitrogen and oxygen atoms in total. The van der Waals surface area contributed by atoms with Crippen LogP contribution in [0.5, 0.6) is 0 Å². The Morgan fingerprint density at radius 2 is 1.71 bits per heavy atom. The summed E-state index contributed by atoms with van der Waals surface area (Å²) in [5.74, 6) is 0.776. The summed E-state index contributed by atoms with van der Waals surface area (Å²) in [6, 6.07) is 17.4. The molecule has 4 rings (SSSR count). The molecule has 2 heterocycles. The molecule has 186 valence electrons. The number of likely N-dealkylation sites (tertiary alicyclic amines) is 1. The highest BCUT2D eigenvalue weighted by Crippen LogP contribution is 2.31. The molecule has 3 aromatic rings. The maximum Gasteiger partial charge on any atom is 0.410 e. The lowest BCUT2D eigenvalue weighted by Gasteiger charge is -2.35. The van der Waals surface area contributed by atoms with Crippen molar-refractivity contribution in [1.82, 2.24) is 19.8 Å². The van der Waals surface area contributed by atoms with Gasteiger partial charge in [-0.1, -0.05) is 42.5 Å². The number of hydrogen-bond donors (Lipinski definition) is 1. The van der Waals surface area contributed by atoms with Crippen molar-refractivity contribution in [2.45, 2.75) is 64.8 Å². The number of nitrogens with zero attached hydrogens (tertiary/aromatic N) is 3. The number of carbonyl (C=O) groups excluding carboxylic acids is 2. The van der Waals surface area contributed by atoms with Crippen LogP contribution in [0, 0.1) is 0 Å². The third-order valence-electron chi connectivity index (χ3n) is 6.04. The number of imidazole rings is 1. The van der Waals surface area contributed by atoms with Crippen molar-refractivity contribution in [2.75, 3.05) is 13.1 Å². The van der Waals surface area contributed by atoms with Crippen molar-refractivity contribution in [3.05, 3.63) is 66.0 Å². The van der Waals surface area contributed by atoms with Gasteiger partial charge in [-0.05, 0) is 58.2 Å². The van der Waals surface area contributed by atoms with Gasteiger partial charge >= 0.3 is 12.2 Å². The summed E-state index contributed by atoms with van der Waals surface area (Å²) < 4.78 is 13.2. The zero-order valence-corrected chi connectivity index (χ0v) is 20.9. The van der Waals surface area contributed by atoms with Crippen molar-refractivity contribution in [2.24, 2.45) is 0 Å². The summed E-state index contributed by atoms with van der Waals surface area (Å²) in [5, 5.41) is 2.93. The predicted molar refractivity (Wildman–Crippen MR) is 134 cm³/mol. The van der Waals surface area contributed by atoms with Crippen LogP contribution in [0.25, 0.3) is 11.0 Å². The molecule has 1 unspecified atom stereocenters. The molecule has 1 N–H and O–H groups in total. The summed E-state index contributed by atoms with van der Waals surface area (Å²) in [6.45, 7) is 8.96. The Bertz CT molecular complexity index is 1160. The Balaban J connectivity index is 1.46. The van der Waals surface area contributed by atoms with Crippen LogP contribution in [-0.2, 0) is 16.1 Å². The van der Waals surface area contributed by atoms with Crippen LogP contribution in [-0.4, -0.2) is 45.3 Å². The molecule has 8 heteroatoms. The van der Waals surface area contributed by atoms with E-state index in [-0.39, 0.29) is 24.8 Å². The van der Waals surface area contributed by atoms with E-state index in [9.17, 15) is 9.59 Å². The molecule has 0 radical (unpaired) electrons. The van der Waals surface area contributed by atoms with Gasteiger partial charge in [0.1, 0.15) is 18.0 Å². The first kappa shape index (κ1) is 24.6. The van der Waals surface area contributed by atoms with Crippen LogP contribution in [0.1, 0.15) is 64.0 Å². The zero-order valence-electron chi connectivity index (χ0n) is 20.9. The maximum atomic E-state index is 12.5. The number of carbonyl (C=O) groups is 2. The third kappa shape index (κ3) is 6.12. The number of rotatable bonds is 5. The highest BCUT2D eigenvalue weighted by Gasteiger charge is 2.30. The number of benzene rings is 2. The minimum absolute atomic E-state index is 0.153.